The van der Waals surface area contributed by atoms with Crippen LogP contribution in [0.1, 0.15) is 6.92 Å². The second-order valence-electron chi connectivity index (χ2n) is 4.79. The highest BCUT2D eigenvalue weighted by molar-refractivity contribution is 9.10. The van der Waals surface area contributed by atoms with Gasteiger partial charge in [0, 0.05) is 25.8 Å². The second kappa shape index (κ2) is 6.32. The minimum absolute atomic E-state index is 0.0938. The van der Waals surface area contributed by atoms with Gasteiger partial charge in [0.2, 0.25) is 10.0 Å². The van der Waals surface area contributed by atoms with E-state index in [1.807, 2.05) is 7.05 Å². The molecule has 1 saturated heterocycles. The molecule has 6 nitrogen and oxygen atoms in total. The van der Waals surface area contributed by atoms with Crippen molar-refractivity contribution in [3.63, 3.8) is 0 Å². The van der Waals surface area contributed by atoms with Crippen LogP contribution in [0.3, 0.4) is 0 Å². The molecule has 1 fully saturated rings. The Bertz CT molecular complexity index is 696. The summed E-state index contributed by atoms with van der Waals surface area (Å²) >= 11 is 3.21. The van der Waals surface area contributed by atoms with Crippen LogP contribution >= 0.6 is 15.9 Å². The minimum Gasteiger partial charge on any atom is -0.383 e. The van der Waals surface area contributed by atoms with Crippen LogP contribution in [-0.4, -0.2) is 55.3 Å². The van der Waals surface area contributed by atoms with Crippen molar-refractivity contribution in [3.8, 4) is 11.8 Å². The zero-order valence-electron chi connectivity index (χ0n) is 11.9. The van der Waals surface area contributed by atoms with Gasteiger partial charge in [-0.25, -0.2) is 13.4 Å². The van der Waals surface area contributed by atoms with Gasteiger partial charge in [0.25, 0.3) is 0 Å². The zero-order chi connectivity index (χ0) is 15.6. The lowest BCUT2D eigenvalue weighted by atomic mass is 10.2. The van der Waals surface area contributed by atoms with Crippen molar-refractivity contribution in [1.82, 2.24) is 14.2 Å². The Kier molecular flexibility index (Phi) is 4.88. The SMILES string of the molecule is CC#CC1CN(S(=O)(=O)c2cnc(N)c(Br)c2)CCN1C. The quantitative estimate of drug-likeness (QED) is 0.775. The number of rotatable bonds is 2. The number of hydrogen-bond acceptors (Lipinski definition) is 5. The molecule has 1 atom stereocenters. The lowest BCUT2D eigenvalue weighted by molar-refractivity contribution is 0.183. The smallest absolute Gasteiger partial charge is 0.244 e. The maximum absolute atomic E-state index is 12.7. The van der Waals surface area contributed by atoms with Crippen molar-refractivity contribution in [2.24, 2.45) is 0 Å². The highest BCUT2D eigenvalue weighted by Crippen LogP contribution is 2.24. The van der Waals surface area contributed by atoms with Crippen LogP contribution in [0.25, 0.3) is 0 Å². The summed E-state index contributed by atoms with van der Waals surface area (Å²) in [5.74, 6) is 6.15. The summed E-state index contributed by atoms with van der Waals surface area (Å²) in [4.78, 5) is 6.09. The molecule has 114 valence electrons. The summed E-state index contributed by atoms with van der Waals surface area (Å²) in [6.07, 6.45) is 1.29. The van der Waals surface area contributed by atoms with Crippen LogP contribution in [0.5, 0.6) is 0 Å². The molecule has 2 N–H and O–H groups in total. The fourth-order valence-electron chi connectivity index (χ4n) is 2.11. The van der Waals surface area contributed by atoms with E-state index in [0.717, 1.165) is 0 Å². The van der Waals surface area contributed by atoms with E-state index in [4.69, 9.17) is 5.73 Å². The van der Waals surface area contributed by atoms with E-state index in [2.05, 4.69) is 37.7 Å². The van der Waals surface area contributed by atoms with Crippen LogP contribution in [0.4, 0.5) is 5.82 Å². The Morgan fingerprint density at radius 3 is 2.81 bits per heavy atom. The number of halogens is 1. The number of aromatic nitrogens is 1. The summed E-state index contributed by atoms with van der Waals surface area (Å²) in [5.41, 5.74) is 5.60. The van der Waals surface area contributed by atoms with E-state index in [9.17, 15) is 8.42 Å². The predicted octanol–water partition coefficient (Wildman–Crippen LogP) is 0.754. The molecule has 8 heteroatoms. The lowest BCUT2D eigenvalue weighted by Gasteiger charge is -2.36. The Morgan fingerprint density at radius 1 is 1.48 bits per heavy atom. The normalized spacial score (nSPS) is 20.8. The topological polar surface area (TPSA) is 79.5 Å². The van der Waals surface area contributed by atoms with Crippen molar-refractivity contribution < 1.29 is 8.42 Å². The highest BCUT2D eigenvalue weighted by atomic mass is 79.9. The van der Waals surface area contributed by atoms with Crippen LogP contribution in [-0.2, 0) is 10.0 Å². The average Bonchev–Trinajstić information content (AvgIpc) is 2.44. The van der Waals surface area contributed by atoms with Gasteiger partial charge in [-0.1, -0.05) is 5.92 Å². The van der Waals surface area contributed by atoms with Gasteiger partial charge in [0.1, 0.15) is 10.7 Å². The van der Waals surface area contributed by atoms with Crippen molar-refractivity contribution in [3.05, 3.63) is 16.7 Å². The van der Waals surface area contributed by atoms with E-state index in [-0.39, 0.29) is 16.8 Å². The maximum Gasteiger partial charge on any atom is 0.244 e. The van der Waals surface area contributed by atoms with E-state index < -0.39 is 10.0 Å². The summed E-state index contributed by atoms with van der Waals surface area (Å²) in [6, 6.07) is 1.39. The molecular formula is C13H17BrN4O2S. The van der Waals surface area contributed by atoms with Gasteiger partial charge in [-0.3, -0.25) is 4.90 Å². The number of likely N-dealkylation sites (N-methyl/N-ethyl adjacent to an activating group) is 1. The first-order valence-corrected chi connectivity index (χ1v) is 8.63. The Balaban J connectivity index is 2.30. The molecule has 1 aromatic rings. The summed E-state index contributed by atoms with van der Waals surface area (Å²) in [6.45, 7) is 3.18. The fourth-order valence-corrected chi connectivity index (χ4v) is 4.02. The third-order valence-electron chi connectivity index (χ3n) is 3.40. The van der Waals surface area contributed by atoms with Crippen LogP contribution in [0.2, 0.25) is 0 Å². The zero-order valence-corrected chi connectivity index (χ0v) is 14.3. The number of nitrogen functional groups attached to an aromatic ring is 1. The van der Waals surface area contributed by atoms with Crippen molar-refractivity contribution >= 4 is 31.8 Å². The number of sulfonamides is 1. The molecule has 1 aliphatic heterocycles. The van der Waals surface area contributed by atoms with Gasteiger partial charge < -0.3 is 5.73 Å². The number of nitrogens with zero attached hydrogens (tertiary/aromatic N) is 3. The maximum atomic E-state index is 12.7. The number of pyridine rings is 1. The van der Waals surface area contributed by atoms with Gasteiger partial charge in [0.15, 0.2) is 0 Å². The molecule has 21 heavy (non-hydrogen) atoms. The molecule has 2 rings (SSSR count). The molecule has 2 heterocycles. The number of nitrogens with two attached hydrogens (primary N) is 1. The molecule has 1 unspecified atom stereocenters. The lowest BCUT2D eigenvalue weighted by Crippen LogP contribution is -2.52. The van der Waals surface area contributed by atoms with Gasteiger partial charge in [0.05, 0.1) is 10.5 Å². The molecular weight excluding hydrogens is 356 g/mol. The van der Waals surface area contributed by atoms with Crippen LogP contribution in [0, 0.1) is 11.8 Å². The van der Waals surface area contributed by atoms with Crippen molar-refractivity contribution in [1.29, 1.82) is 0 Å². The number of hydrogen-bond donors (Lipinski definition) is 1. The molecule has 0 spiro atoms. The molecule has 0 amide bonds. The van der Waals surface area contributed by atoms with E-state index >= 15 is 0 Å². The summed E-state index contributed by atoms with van der Waals surface area (Å²) in [5, 5.41) is 0. The third-order valence-corrected chi connectivity index (χ3v) is 5.87. The average molecular weight is 373 g/mol. The molecule has 0 aliphatic carbocycles. The van der Waals surface area contributed by atoms with Gasteiger partial charge in [-0.15, -0.1) is 5.92 Å². The van der Waals surface area contributed by atoms with Crippen LogP contribution in [0.15, 0.2) is 21.6 Å². The highest BCUT2D eigenvalue weighted by Gasteiger charge is 2.32. The van der Waals surface area contributed by atoms with Crippen LogP contribution < -0.4 is 5.73 Å². The third kappa shape index (κ3) is 3.37. The number of anilines is 1. The van der Waals surface area contributed by atoms with Gasteiger partial charge in [-0.2, -0.15) is 4.31 Å². The second-order valence-corrected chi connectivity index (χ2v) is 7.58. The first-order chi connectivity index (χ1) is 9.86. The first kappa shape index (κ1) is 16.2. The molecule has 1 aromatic heterocycles. The molecule has 0 bridgehead atoms. The Morgan fingerprint density at radius 2 is 2.19 bits per heavy atom. The molecule has 0 aromatic carbocycles. The molecule has 0 saturated carbocycles. The van der Waals surface area contributed by atoms with E-state index in [1.165, 1.54) is 16.6 Å². The van der Waals surface area contributed by atoms with Gasteiger partial charge in [-0.05, 0) is 36.0 Å². The monoisotopic (exact) mass is 372 g/mol. The van der Waals surface area contributed by atoms with Gasteiger partial charge >= 0.3 is 0 Å². The van der Waals surface area contributed by atoms with Crippen molar-refractivity contribution in [2.75, 3.05) is 32.4 Å². The largest absolute Gasteiger partial charge is 0.383 e. The predicted molar refractivity (Wildman–Crippen MR) is 85.0 cm³/mol. The van der Waals surface area contributed by atoms with Crippen molar-refractivity contribution in [2.45, 2.75) is 17.9 Å². The minimum atomic E-state index is -3.59. The Labute approximate surface area is 133 Å². The standard InChI is InChI=1S/C13H17BrN4O2S/c1-3-4-10-9-18(6-5-17(10)2)21(19,20)11-7-12(14)13(15)16-8-11/h7-8,10H,5-6,9H2,1-2H3,(H2,15,16). The Hall–Kier alpha value is -1.14. The fraction of sp³-hybridized carbons (Fsp3) is 0.462. The molecule has 1 aliphatic rings. The van der Waals surface area contributed by atoms with E-state index in [0.29, 0.717) is 24.1 Å². The summed E-state index contributed by atoms with van der Waals surface area (Å²) in [7, 11) is -1.64. The number of piperazine rings is 1. The first-order valence-electron chi connectivity index (χ1n) is 6.40. The molecule has 0 radical (unpaired) electrons. The van der Waals surface area contributed by atoms with E-state index in [1.54, 1.807) is 6.92 Å². The summed E-state index contributed by atoms with van der Waals surface area (Å²) < 4.78 is 27.3.